The Hall–Kier alpha value is -0.910. The number of hydrogen-bond donors (Lipinski definition) is 1. The third-order valence-corrected chi connectivity index (χ3v) is 3.89. The lowest BCUT2D eigenvalue weighted by atomic mass is 10.0. The summed E-state index contributed by atoms with van der Waals surface area (Å²) in [5.41, 5.74) is 6.35. The Kier molecular flexibility index (Phi) is 2.46. The number of nitrogens with two attached hydrogens (primary N) is 1. The van der Waals surface area contributed by atoms with Gasteiger partial charge in [-0.2, -0.15) is 0 Å². The molecule has 3 saturated heterocycles. The highest BCUT2D eigenvalue weighted by Gasteiger charge is 2.36. The van der Waals surface area contributed by atoms with Crippen LogP contribution in [0.25, 0.3) is 0 Å². The Morgan fingerprint density at radius 1 is 1.38 bits per heavy atom. The zero-order valence-electron chi connectivity index (χ0n) is 9.71. The van der Waals surface area contributed by atoms with Crippen molar-refractivity contribution in [2.45, 2.75) is 12.1 Å². The fourth-order valence-electron chi connectivity index (χ4n) is 2.87. The second kappa shape index (κ2) is 3.84. The maximum absolute atomic E-state index is 6.35. The van der Waals surface area contributed by atoms with Gasteiger partial charge in [-0.3, -0.25) is 9.80 Å². The summed E-state index contributed by atoms with van der Waals surface area (Å²) in [5.74, 6) is 0.999. The van der Waals surface area contributed by atoms with Crippen LogP contribution in [0.15, 0.2) is 12.4 Å². The van der Waals surface area contributed by atoms with E-state index in [-0.39, 0.29) is 6.04 Å². The molecule has 4 rings (SSSR count). The average Bonchev–Trinajstić information content (AvgIpc) is 2.76. The first kappa shape index (κ1) is 10.3. The van der Waals surface area contributed by atoms with Gasteiger partial charge in [0.2, 0.25) is 0 Å². The van der Waals surface area contributed by atoms with Gasteiger partial charge in [0.15, 0.2) is 0 Å². The molecule has 3 aliphatic heterocycles. The Labute approximate surface area is 95.8 Å². The normalized spacial score (nSPS) is 35.2. The minimum absolute atomic E-state index is 0.0306. The Balaban J connectivity index is 1.80. The molecule has 2 atom stereocenters. The van der Waals surface area contributed by atoms with Crippen LogP contribution in [0.3, 0.4) is 0 Å². The molecule has 3 fully saturated rings. The van der Waals surface area contributed by atoms with Crippen molar-refractivity contribution in [3.63, 3.8) is 0 Å². The molecule has 1 aromatic rings. The molecule has 4 heterocycles. The van der Waals surface area contributed by atoms with E-state index in [2.05, 4.69) is 14.8 Å². The number of imidazole rings is 1. The van der Waals surface area contributed by atoms with Gasteiger partial charge in [-0.25, -0.2) is 4.98 Å². The van der Waals surface area contributed by atoms with Crippen LogP contribution in [0.5, 0.6) is 0 Å². The van der Waals surface area contributed by atoms with Crippen LogP contribution < -0.4 is 5.73 Å². The number of fused-ring (bicyclic) bond motifs is 3. The molecule has 0 amide bonds. The molecule has 88 valence electrons. The van der Waals surface area contributed by atoms with Crippen molar-refractivity contribution >= 4 is 0 Å². The van der Waals surface area contributed by atoms with E-state index >= 15 is 0 Å². The first-order valence-corrected chi connectivity index (χ1v) is 5.95. The Morgan fingerprint density at radius 3 is 2.62 bits per heavy atom. The number of aromatic nitrogens is 2. The van der Waals surface area contributed by atoms with E-state index in [1.165, 1.54) is 13.1 Å². The molecule has 0 aromatic carbocycles. The van der Waals surface area contributed by atoms with E-state index in [1.54, 1.807) is 0 Å². The summed E-state index contributed by atoms with van der Waals surface area (Å²) >= 11 is 0. The van der Waals surface area contributed by atoms with Gasteiger partial charge >= 0.3 is 0 Å². The molecule has 0 saturated carbocycles. The zero-order chi connectivity index (χ0) is 11.1. The van der Waals surface area contributed by atoms with E-state index in [0.717, 1.165) is 25.5 Å². The summed E-state index contributed by atoms with van der Waals surface area (Å²) in [6, 6.07) is 0.465. The smallest absolute Gasteiger partial charge is 0.127 e. The van der Waals surface area contributed by atoms with Crippen LogP contribution in [-0.4, -0.2) is 58.1 Å². The highest BCUT2D eigenvalue weighted by atomic mass is 15.4. The average molecular weight is 221 g/mol. The standard InChI is InChI=1S/C11H19N5/c1-14-3-2-13-11(14)10(12)9-8-15-4-6-16(9)7-5-15/h2-3,9-10H,4-8,12H2,1H3. The van der Waals surface area contributed by atoms with Crippen molar-refractivity contribution in [2.24, 2.45) is 12.8 Å². The van der Waals surface area contributed by atoms with Crippen LogP contribution >= 0.6 is 0 Å². The largest absolute Gasteiger partial charge is 0.337 e. The summed E-state index contributed by atoms with van der Waals surface area (Å²) < 4.78 is 2.03. The topological polar surface area (TPSA) is 50.3 Å². The molecule has 1 aromatic heterocycles. The predicted octanol–water partition coefficient (Wildman–Crippen LogP) is -0.580. The fourth-order valence-corrected chi connectivity index (χ4v) is 2.87. The lowest BCUT2D eigenvalue weighted by molar-refractivity contribution is 0.000674. The quantitative estimate of drug-likeness (QED) is 0.726. The minimum atomic E-state index is 0.0306. The van der Waals surface area contributed by atoms with Crippen molar-refractivity contribution in [1.29, 1.82) is 0 Å². The summed E-state index contributed by atoms with van der Waals surface area (Å²) in [7, 11) is 2.01. The third-order valence-electron chi connectivity index (χ3n) is 3.89. The molecular weight excluding hydrogens is 202 g/mol. The van der Waals surface area contributed by atoms with Gasteiger partial charge in [0.05, 0.1) is 6.04 Å². The monoisotopic (exact) mass is 221 g/mol. The van der Waals surface area contributed by atoms with E-state index in [1.807, 2.05) is 24.0 Å². The Morgan fingerprint density at radius 2 is 2.12 bits per heavy atom. The number of rotatable bonds is 2. The highest BCUT2D eigenvalue weighted by Crippen LogP contribution is 2.24. The molecule has 0 aliphatic carbocycles. The first-order chi connectivity index (χ1) is 7.75. The van der Waals surface area contributed by atoms with E-state index in [9.17, 15) is 0 Å². The van der Waals surface area contributed by atoms with Crippen molar-refractivity contribution in [1.82, 2.24) is 19.4 Å². The van der Waals surface area contributed by atoms with Crippen molar-refractivity contribution in [3.8, 4) is 0 Å². The zero-order valence-corrected chi connectivity index (χ0v) is 9.71. The summed E-state index contributed by atoms with van der Waals surface area (Å²) in [6.45, 7) is 5.80. The molecule has 5 heteroatoms. The summed E-state index contributed by atoms with van der Waals surface area (Å²) in [4.78, 5) is 9.39. The van der Waals surface area contributed by atoms with E-state index in [0.29, 0.717) is 6.04 Å². The second-order valence-electron chi connectivity index (χ2n) is 4.83. The molecule has 2 N–H and O–H groups in total. The van der Waals surface area contributed by atoms with Gasteiger partial charge in [-0.05, 0) is 0 Å². The fraction of sp³-hybridized carbons (Fsp3) is 0.727. The molecule has 16 heavy (non-hydrogen) atoms. The number of piperazine rings is 3. The molecule has 2 unspecified atom stereocenters. The maximum atomic E-state index is 6.35. The number of nitrogens with zero attached hydrogens (tertiary/aromatic N) is 4. The van der Waals surface area contributed by atoms with Gasteiger partial charge < -0.3 is 10.3 Å². The number of hydrogen-bond acceptors (Lipinski definition) is 4. The van der Waals surface area contributed by atoms with Gasteiger partial charge in [0.25, 0.3) is 0 Å². The van der Waals surface area contributed by atoms with Gasteiger partial charge in [0, 0.05) is 58.2 Å². The van der Waals surface area contributed by atoms with Crippen LogP contribution in [-0.2, 0) is 7.05 Å². The minimum Gasteiger partial charge on any atom is -0.337 e. The van der Waals surface area contributed by atoms with Gasteiger partial charge in [-0.1, -0.05) is 0 Å². The molecule has 3 aliphatic rings. The summed E-state index contributed by atoms with van der Waals surface area (Å²) in [6.07, 6.45) is 3.79. The van der Waals surface area contributed by atoms with Gasteiger partial charge in [-0.15, -0.1) is 0 Å². The van der Waals surface area contributed by atoms with Crippen LogP contribution in [0.2, 0.25) is 0 Å². The molecule has 5 nitrogen and oxygen atoms in total. The Bertz CT molecular complexity index is 366. The van der Waals surface area contributed by atoms with Crippen LogP contribution in [0.1, 0.15) is 11.9 Å². The van der Waals surface area contributed by atoms with Crippen molar-refractivity contribution in [2.75, 3.05) is 32.7 Å². The summed E-state index contributed by atoms with van der Waals surface area (Å²) in [5, 5.41) is 0. The highest BCUT2D eigenvalue weighted by molar-refractivity contribution is 5.05. The lowest BCUT2D eigenvalue weighted by Gasteiger charge is -2.49. The molecular formula is C11H19N5. The molecule has 2 bridgehead atoms. The van der Waals surface area contributed by atoms with Gasteiger partial charge in [0.1, 0.15) is 5.82 Å². The first-order valence-electron chi connectivity index (χ1n) is 5.95. The van der Waals surface area contributed by atoms with Crippen LogP contribution in [0, 0.1) is 0 Å². The number of aryl methyl sites for hydroxylation is 1. The van der Waals surface area contributed by atoms with E-state index in [4.69, 9.17) is 5.73 Å². The SMILES string of the molecule is Cn1ccnc1C(N)C1CN2CCN1CC2. The van der Waals surface area contributed by atoms with Crippen LogP contribution in [0.4, 0.5) is 0 Å². The molecule has 0 radical (unpaired) electrons. The third kappa shape index (κ3) is 1.55. The second-order valence-corrected chi connectivity index (χ2v) is 4.83. The maximum Gasteiger partial charge on any atom is 0.127 e. The molecule has 0 spiro atoms. The van der Waals surface area contributed by atoms with E-state index < -0.39 is 0 Å². The lowest BCUT2D eigenvalue weighted by Crippen LogP contribution is -2.63. The van der Waals surface area contributed by atoms with Crippen molar-refractivity contribution in [3.05, 3.63) is 18.2 Å². The van der Waals surface area contributed by atoms with Crippen molar-refractivity contribution < 1.29 is 0 Å². The predicted molar refractivity (Wildman–Crippen MR) is 61.9 cm³/mol.